The first-order chi connectivity index (χ1) is 27.5. The Morgan fingerprint density at radius 3 is 1.98 bits per heavy atom. The molecule has 15 nitrogen and oxygen atoms in total. The van der Waals surface area contributed by atoms with Crippen LogP contribution in [-0.4, -0.2) is 83.8 Å². The van der Waals surface area contributed by atoms with Crippen molar-refractivity contribution in [3.63, 3.8) is 0 Å². The van der Waals surface area contributed by atoms with Crippen LogP contribution < -0.4 is 43.8 Å². The molecule has 5 aromatic rings. The number of amides is 5. The standard InChI is InChI=1S/C41H48N10O5S/c42-36(52)30(14-8-17-46-41(43)44)48-38(54)32(19-24-9-2-1-3-10-24)49-39(55)33(20-25-22-47-29-13-6-4-11-27(25)29)51-40(56)34(50-37(53)31-16-18-45-31)21-26-23-57-35-15-7-5-12-28(26)35/h1-7,9-13,15,22-23,30-34,45,47H,8,14,16-21H2,(H2,42,52)(H,48,54)(H,49,55)(H,50,53)(H,51,56)(H4,43,44,46)/t30-,31-,32+,33-,34-/m1/s1. The first-order valence-corrected chi connectivity index (χ1v) is 19.8. The molecular formula is C41H48N10O5S. The summed E-state index contributed by atoms with van der Waals surface area (Å²) in [6.45, 7) is 0.926. The van der Waals surface area contributed by atoms with Crippen molar-refractivity contribution in [3.05, 3.63) is 107 Å². The number of H-pyrrole nitrogens is 1. The van der Waals surface area contributed by atoms with Gasteiger partial charge < -0.3 is 48.8 Å². The summed E-state index contributed by atoms with van der Waals surface area (Å²) in [4.78, 5) is 75.7. The Morgan fingerprint density at radius 1 is 0.719 bits per heavy atom. The van der Waals surface area contributed by atoms with Gasteiger partial charge in [-0.2, -0.15) is 0 Å². The molecule has 16 heteroatoms. The predicted octanol–water partition coefficient (Wildman–Crippen LogP) is 1.25. The van der Waals surface area contributed by atoms with E-state index in [1.165, 1.54) is 0 Å². The molecule has 12 N–H and O–H groups in total. The van der Waals surface area contributed by atoms with Gasteiger partial charge >= 0.3 is 0 Å². The third kappa shape index (κ3) is 10.7. The number of benzene rings is 3. The van der Waals surface area contributed by atoms with E-state index in [2.05, 4.69) is 36.6 Å². The molecule has 298 valence electrons. The summed E-state index contributed by atoms with van der Waals surface area (Å²) in [5, 5.41) is 18.3. The number of guanidine groups is 1. The number of thiophene rings is 1. The van der Waals surface area contributed by atoms with Crippen molar-refractivity contribution >= 4 is 67.8 Å². The zero-order valence-electron chi connectivity index (χ0n) is 31.3. The van der Waals surface area contributed by atoms with Crippen molar-refractivity contribution in [3.8, 4) is 0 Å². The summed E-state index contributed by atoms with van der Waals surface area (Å²) in [5.74, 6) is -3.00. The largest absolute Gasteiger partial charge is 0.370 e. The minimum atomic E-state index is -1.19. The van der Waals surface area contributed by atoms with Gasteiger partial charge in [-0.1, -0.05) is 66.7 Å². The van der Waals surface area contributed by atoms with Gasteiger partial charge in [0, 0.05) is 47.6 Å². The van der Waals surface area contributed by atoms with Crippen molar-refractivity contribution in [1.82, 2.24) is 31.6 Å². The fraction of sp³-hybridized carbons (Fsp3) is 0.317. The Bertz CT molecular complexity index is 2230. The van der Waals surface area contributed by atoms with Crippen LogP contribution in [0.3, 0.4) is 0 Å². The number of aromatic amines is 1. The number of nitrogens with one attached hydrogen (secondary N) is 6. The Balaban J connectivity index is 1.27. The van der Waals surface area contributed by atoms with Gasteiger partial charge in [0.2, 0.25) is 29.5 Å². The smallest absolute Gasteiger partial charge is 0.243 e. The molecule has 5 amide bonds. The van der Waals surface area contributed by atoms with Gasteiger partial charge in [0.25, 0.3) is 0 Å². The van der Waals surface area contributed by atoms with Crippen LogP contribution in [0.25, 0.3) is 21.0 Å². The minimum Gasteiger partial charge on any atom is -0.370 e. The van der Waals surface area contributed by atoms with Crippen LogP contribution in [0.4, 0.5) is 0 Å². The Hall–Kier alpha value is -6.26. The molecule has 1 fully saturated rings. The molecule has 0 radical (unpaired) electrons. The number of hydrogen-bond acceptors (Lipinski definition) is 8. The zero-order valence-corrected chi connectivity index (χ0v) is 32.1. The summed E-state index contributed by atoms with van der Waals surface area (Å²) < 4.78 is 1.05. The number of carbonyl (C=O) groups is 5. The zero-order chi connectivity index (χ0) is 40.3. The minimum absolute atomic E-state index is 0.0577. The van der Waals surface area contributed by atoms with Crippen LogP contribution in [0.5, 0.6) is 0 Å². The second-order valence-corrected chi connectivity index (χ2v) is 15.0. The van der Waals surface area contributed by atoms with E-state index in [-0.39, 0.29) is 44.1 Å². The summed E-state index contributed by atoms with van der Waals surface area (Å²) in [6.07, 6.45) is 3.26. The predicted molar refractivity (Wildman–Crippen MR) is 221 cm³/mol. The highest BCUT2D eigenvalue weighted by Crippen LogP contribution is 2.27. The van der Waals surface area contributed by atoms with E-state index in [0.717, 1.165) is 37.7 Å². The highest BCUT2D eigenvalue weighted by atomic mass is 32.1. The summed E-state index contributed by atoms with van der Waals surface area (Å²) >= 11 is 1.55. The van der Waals surface area contributed by atoms with Crippen molar-refractivity contribution in [2.75, 3.05) is 13.1 Å². The highest BCUT2D eigenvalue weighted by molar-refractivity contribution is 7.17. The molecule has 0 saturated carbocycles. The Kier molecular flexibility index (Phi) is 13.5. The number of primary amides is 1. The number of rotatable bonds is 19. The molecular weight excluding hydrogens is 745 g/mol. The van der Waals surface area contributed by atoms with E-state index in [4.69, 9.17) is 17.2 Å². The van der Waals surface area contributed by atoms with Gasteiger partial charge in [-0.05, 0) is 65.4 Å². The number of nitrogens with zero attached hydrogens (tertiary/aromatic N) is 1. The Morgan fingerprint density at radius 2 is 1.32 bits per heavy atom. The maximum Gasteiger partial charge on any atom is 0.243 e. The molecule has 0 aliphatic carbocycles. The fourth-order valence-electron chi connectivity index (χ4n) is 6.80. The average molecular weight is 793 g/mol. The molecule has 1 saturated heterocycles. The van der Waals surface area contributed by atoms with Gasteiger partial charge in [0.1, 0.15) is 24.2 Å². The van der Waals surface area contributed by atoms with E-state index in [1.54, 1.807) is 17.5 Å². The molecule has 0 unspecified atom stereocenters. The molecule has 3 heterocycles. The van der Waals surface area contributed by atoms with Gasteiger partial charge in [0.15, 0.2) is 5.96 Å². The number of aromatic nitrogens is 1. The number of hydrogen-bond donors (Lipinski definition) is 9. The second-order valence-electron chi connectivity index (χ2n) is 14.1. The van der Waals surface area contributed by atoms with Gasteiger partial charge in [-0.3, -0.25) is 29.0 Å². The van der Waals surface area contributed by atoms with E-state index in [0.29, 0.717) is 19.4 Å². The molecule has 1 aliphatic rings. The van der Waals surface area contributed by atoms with Crippen LogP contribution in [0.15, 0.2) is 95.4 Å². The van der Waals surface area contributed by atoms with Gasteiger partial charge in [-0.25, -0.2) is 0 Å². The maximum absolute atomic E-state index is 14.5. The number of fused-ring (bicyclic) bond motifs is 2. The van der Waals surface area contributed by atoms with Crippen LogP contribution in [0.1, 0.15) is 36.0 Å². The number of carbonyl (C=O) groups excluding carboxylic acids is 5. The van der Waals surface area contributed by atoms with Crippen molar-refractivity contribution < 1.29 is 24.0 Å². The lowest BCUT2D eigenvalue weighted by atomic mass is 9.99. The normalized spacial score (nSPS) is 15.7. The molecule has 6 rings (SSSR count). The van der Waals surface area contributed by atoms with E-state index >= 15 is 0 Å². The van der Waals surface area contributed by atoms with E-state index in [9.17, 15) is 24.0 Å². The number of aliphatic imine (C=N–C) groups is 1. The monoisotopic (exact) mass is 792 g/mol. The molecule has 0 bridgehead atoms. The topological polar surface area (TPSA) is 252 Å². The lowest BCUT2D eigenvalue weighted by Gasteiger charge is -2.29. The molecule has 3 aromatic carbocycles. The first kappa shape index (κ1) is 40.4. The quantitative estimate of drug-likeness (QED) is 0.0334. The molecule has 5 atom stereocenters. The first-order valence-electron chi connectivity index (χ1n) is 18.9. The van der Waals surface area contributed by atoms with Crippen LogP contribution >= 0.6 is 11.3 Å². The highest BCUT2D eigenvalue weighted by Gasteiger charge is 2.34. The summed E-state index contributed by atoms with van der Waals surface area (Å²) in [5.41, 5.74) is 19.7. The number of para-hydroxylation sites is 1. The maximum atomic E-state index is 14.5. The third-order valence-corrected chi connectivity index (χ3v) is 11.0. The van der Waals surface area contributed by atoms with Gasteiger partial charge in [-0.15, -0.1) is 11.3 Å². The van der Waals surface area contributed by atoms with E-state index in [1.807, 2.05) is 84.2 Å². The van der Waals surface area contributed by atoms with Crippen molar-refractivity contribution in [2.24, 2.45) is 22.2 Å². The van der Waals surface area contributed by atoms with Crippen LogP contribution in [0.2, 0.25) is 0 Å². The van der Waals surface area contributed by atoms with Crippen LogP contribution in [-0.2, 0) is 43.2 Å². The SMILES string of the molecule is NC(=O)[C@@H](CCCN=C(N)N)NC(=O)[C@H](Cc1ccccc1)NC(=O)[C@@H](Cc1c[nH]c2ccccc12)NC(=O)[C@@H](Cc1csc2ccccc12)NC(=O)[C@H]1CCN1. The average Bonchev–Trinajstić information content (AvgIpc) is 3.78. The van der Waals surface area contributed by atoms with Crippen molar-refractivity contribution in [1.29, 1.82) is 0 Å². The Labute approximate surface area is 333 Å². The molecule has 1 aliphatic heterocycles. The molecule has 0 spiro atoms. The summed E-state index contributed by atoms with van der Waals surface area (Å²) in [6, 6.07) is 19.7. The van der Waals surface area contributed by atoms with Gasteiger partial charge in [0.05, 0.1) is 6.04 Å². The van der Waals surface area contributed by atoms with Crippen LogP contribution in [0, 0.1) is 0 Å². The third-order valence-electron chi connectivity index (χ3n) is 10.0. The van der Waals surface area contributed by atoms with Crippen molar-refractivity contribution in [2.45, 2.75) is 68.7 Å². The lowest BCUT2D eigenvalue weighted by molar-refractivity contribution is -0.134. The lowest BCUT2D eigenvalue weighted by Crippen LogP contribution is -2.61. The second kappa shape index (κ2) is 19.1. The fourth-order valence-corrected chi connectivity index (χ4v) is 7.78. The summed E-state index contributed by atoms with van der Waals surface area (Å²) in [7, 11) is 0. The molecule has 2 aromatic heterocycles. The van der Waals surface area contributed by atoms with E-state index < -0.39 is 53.8 Å². The number of nitrogens with two attached hydrogens (primary N) is 3. The molecule has 57 heavy (non-hydrogen) atoms.